The van der Waals surface area contributed by atoms with Crippen LogP contribution < -0.4 is 5.73 Å². The van der Waals surface area contributed by atoms with E-state index < -0.39 is 0 Å². The zero-order valence-electron chi connectivity index (χ0n) is 4.91. The Hall–Kier alpha value is -1.38. The van der Waals surface area contributed by atoms with Crippen molar-refractivity contribution in [2.24, 2.45) is 0 Å². The van der Waals surface area contributed by atoms with Crippen molar-refractivity contribution in [3.8, 4) is 0 Å². The van der Waals surface area contributed by atoms with Gasteiger partial charge in [0.2, 0.25) is 0 Å². The summed E-state index contributed by atoms with van der Waals surface area (Å²) in [5.41, 5.74) is 6.70. The van der Waals surface area contributed by atoms with Gasteiger partial charge in [0.15, 0.2) is 0 Å². The number of hydrogen-bond acceptors (Lipinski definition) is 3. The molecule has 0 atom stereocenters. The standard InChI is InChI=1S/C6H7N3/c1-2-6-5(7)3-4-8-9-6/h2-4H,1H2,(H2,7,8). The number of nitrogens with zero attached hydrogens (tertiary/aromatic N) is 2. The Balaban J connectivity index is 3.15. The third kappa shape index (κ3) is 1.05. The summed E-state index contributed by atoms with van der Waals surface area (Å²) >= 11 is 0. The van der Waals surface area contributed by atoms with Crippen LogP contribution in [0.4, 0.5) is 5.69 Å². The van der Waals surface area contributed by atoms with Crippen molar-refractivity contribution in [2.45, 2.75) is 0 Å². The summed E-state index contributed by atoms with van der Waals surface area (Å²) in [6, 6.07) is 1.68. The average molecular weight is 121 g/mol. The van der Waals surface area contributed by atoms with Gasteiger partial charge in [-0.2, -0.15) is 5.10 Å². The first-order valence-electron chi connectivity index (χ1n) is 2.54. The zero-order valence-corrected chi connectivity index (χ0v) is 4.91. The van der Waals surface area contributed by atoms with Crippen LogP contribution in [0.25, 0.3) is 6.08 Å². The highest BCUT2D eigenvalue weighted by Crippen LogP contribution is 2.04. The summed E-state index contributed by atoms with van der Waals surface area (Å²) in [6.45, 7) is 3.51. The van der Waals surface area contributed by atoms with Gasteiger partial charge in [-0.15, -0.1) is 5.10 Å². The van der Waals surface area contributed by atoms with Crippen molar-refractivity contribution >= 4 is 11.8 Å². The Labute approximate surface area is 53.2 Å². The van der Waals surface area contributed by atoms with Crippen LogP contribution in [0.15, 0.2) is 18.8 Å². The summed E-state index contributed by atoms with van der Waals surface area (Å²) in [5, 5.41) is 7.32. The van der Waals surface area contributed by atoms with E-state index in [1.807, 2.05) is 0 Å². The smallest absolute Gasteiger partial charge is 0.108 e. The van der Waals surface area contributed by atoms with Gasteiger partial charge in [-0.1, -0.05) is 6.58 Å². The van der Waals surface area contributed by atoms with Crippen molar-refractivity contribution in [3.05, 3.63) is 24.5 Å². The number of nitrogen functional groups attached to an aromatic ring is 1. The first kappa shape index (κ1) is 5.75. The second kappa shape index (κ2) is 2.26. The van der Waals surface area contributed by atoms with Crippen LogP contribution in [0.3, 0.4) is 0 Å². The highest BCUT2D eigenvalue weighted by molar-refractivity contribution is 5.57. The highest BCUT2D eigenvalue weighted by Gasteiger charge is 1.90. The minimum Gasteiger partial charge on any atom is -0.397 e. The molecule has 0 aromatic carbocycles. The number of aromatic nitrogens is 2. The van der Waals surface area contributed by atoms with Crippen molar-refractivity contribution in [3.63, 3.8) is 0 Å². The van der Waals surface area contributed by atoms with Crippen LogP contribution in [-0.4, -0.2) is 10.2 Å². The molecule has 0 aliphatic heterocycles. The molecule has 0 saturated carbocycles. The number of anilines is 1. The Morgan fingerprint density at radius 3 is 2.89 bits per heavy atom. The van der Waals surface area contributed by atoms with Gasteiger partial charge in [0.25, 0.3) is 0 Å². The van der Waals surface area contributed by atoms with Gasteiger partial charge < -0.3 is 5.73 Å². The molecule has 0 fully saturated rings. The zero-order chi connectivity index (χ0) is 6.69. The summed E-state index contributed by atoms with van der Waals surface area (Å²) < 4.78 is 0. The fraction of sp³-hybridized carbons (Fsp3) is 0. The molecular weight excluding hydrogens is 114 g/mol. The van der Waals surface area contributed by atoms with E-state index in [1.54, 1.807) is 18.3 Å². The molecule has 0 spiro atoms. The van der Waals surface area contributed by atoms with E-state index in [2.05, 4.69) is 16.8 Å². The second-order valence-electron chi connectivity index (χ2n) is 1.58. The van der Waals surface area contributed by atoms with Crippen LogP contribution in [-0.2, 0) is 0 Å². The van der Waals surface area contributed by atoms with E-state index in [0.29, 0.717) is 11.4 Å². The maximum atomic E-state index is 5.46. The fourth-order valence-corrected chi connectivity index (χ4v) is 0.511. The summed E-state index contributed by atoms with van der Waals surface area (Å²) in [6.07, 6.45) is 3.12. The lowest BCUT2D eigenvalue weighted by Gasteiger charge is -1.92. The molecular formula is C6H7N3. The van der Waals surface area contributed by atoms with Gasteiger partial charge in [0.1, 0.15) is 5.69 Å². The maximum Gasteiger partial charge on any atom is 0.108 e. The van der Waals surface area contributed by atoms with Gasteiger partial charge in [-0.05, 0) is 12.1 Å². The molecule has 0 radical (unpaired) electrons. The van der Waals surface area contributed by atoms with E-state index in [4.69, 9.17) is 5.73 Å². The summed E-state index contributed by atoms with van der Waals surface area (Å²) in [4.78, 5) is 0. The first-order valence-corrected chi connectivity index (χ1v) is 2.54. The van der Waals surface area contributed by atoms with Gasteiger partial charge in [0.05, 0.1) is 11.9 Å². The number of rotatable bonds is 1. The van der Waals surface area contributed by atoms with Crippen molar-refractivity contribution < 1.29 is 0 Å². The van der Waals surface area contributed by atoms with Gasteiger partial charge in [0, 0.05) is 0 Å². The van der Waals surface area contributed by atoms with Crippen molar-refractivity contribution in [1.82, 2.24) is 10.2 Å². The van der Waals surface area contributed by atoms with E-state index >= 15 is 0 Å². The van der Waals surface area contributed by atoms with E-state index in [-0.39, 0.29) is 0 Å². The third-order valence-corrected chi connectivity index (χ3v) is 0.975. The Kier molecular flexibility index (Phi) is 1.44. The van der Waals surface area contributed by atoms with Crippen LogP contribution >= 0.6 is 0 Å². The van der Waals surface area contributed by atoms with Crippen LogP contribution in [0.1, 0.15) is 5.69 Å². The third-order valence-electron chi connectivity index (χ3n) is 0.975. The molecule has 1 aromatic heterocycles. The van der Waals surface area contributed by atoms with E-state index in [1.165, 1.54) is 0 Å². The van der Waals surface area contributed by atoms with Gasteiger partial charge >= 0.3 is 0 Å². The molecule has 3 heteroatoms. The van der Waals surface area contributed by atoms with Crippen LogP contribution in [0, 0.1) is 0 Å². The SMILES string of the molecule is C=Cc1nnccc1N. The van der Waals surface area contributed by atoms with Crippen LogP contribution in [0.2, 0.25) is 0 Å². The summed E-state index contributed by atoms with van der Waals surface area (Å²) in [7, 11) is 0. The average Bonchev–Trinajstić information content (AvgIpc) is 1.89. The van der Waals surface area contributed by atoms with Crippen molar-refractivity contribution in [1.29, 1.82) is 0 Å². The topological polar surface area (TPSA) is 51.8 Å². The molecule has 0 amide bonds. The molecule has 3 nitrogen and oxygen atoms in total. The fourth-order valence-electron chi connectivity index (χ4n) is 0.511. The normalized spacial score (nSPS) is 8.89. The van der Waals surface area contributed by atoms with Crippen LogP contribution in [0.5, 0.6) is 0 Å². The minimum atomic E-state index is 0.611. The predicted octanol–water partition coefficient (Wildman–Crippen LogP) is 0.702. The molecule has 0 aliphatic rings. The molecule has 2 N–H and O–H groups in total. The highest BCUT2D eigenvalue weighted by atomic mass is 15.1. The lowest BCUT2D eigenvalue weighted by molar-refractivity contribution is 1.02. The monoisotopic (exact) mass is 121 g/mol. The largest absolute Gasteiger partial charge is 0.397 e. The Morgan fingerprint density at radius 2 is 2.44 bits per heavy atom. The Bertz CT molecular complexity index is 219. The molecule has 0 aliphatic carbocycles. The molecule has 1 heterocycles. The van der Waals surface area contributed by atoms with Crippen molar-refractivity contribution in [2.75, 3.05) is 5.73 Å². The molecule has 9 heavy (non-hydrogen) atoms. The molecule has 1 rings (SSSR count). The number of hydrogen-bond donors (Lipinski definition) is 1. The van der Waals surface area contributed by atoms with Gasteiger partial charge in [-0.3, -0.25) is 0 Å². The minimum absolute atomic E-state index is 0.611. The molecule has 0 unspecified atom stereocenters. The molecule has 1 aromatic rings. The summed E-state index contributed by atoms with van der Waals surface area (Å²) in [5.74, 6) is 0. The first-order chi connectivity index (χ1) is 4.34. The number of nitrogens with two attached hydrogens (primary N) is 1. The predicted molar refractivity (Wildman–Crippen MR) is 36.5 cm³/mol. The quantitative estimate of drug-likeness (QED) is 0.595. The second-order valence-corrected chi connectivity index (χ2v) is 1.58. The van der Waals surface area contributed by atoms with E-state index in [0.717, 1.165) is 0 Å². The van der Waals surface area contributed by atoms with E-state index in [9.17, 15) is 0 Å². The molecule has 0 bridgehead atoms. The lowest BCUT2D eigenvalue weighted by atomic mass is 10.3. The Morgan fingerprint density at radius 1 is 1.67 bits per heavy atom. The molecule has 0 saturated heterocycles. The maximum absolute atomic E-state index is 5.46. The molecule has 46 valence electrons. The van der Waals surface area contributed by atoms with Gasteiger partial charge in [-0.25, -0.2) is 0 Å². The lowest BCUT2D eigenvalue weighted by Crippen LogP contribution is -1.92.